The van der Waals surface area contributed by atoms with Gasteiger partial charge in [0.2, 0.25) is 0 Å². The lowest BCUT2D eigenvalue weighted by Crippen LogP contribution is -2.18. The van der Waals surface area contributed by atoms with Crippen molar-refractivity contribution in [3.05, 3.63) is 146 Å². The first-order chi connectivity index (χ1) is 28.1. The Morgan fingerprint density at radius 3 is 1.18 bits per heavy atom. The van der Waals surface area contributed by atoms with E-state index < -0.39 is 5.41 Å². The predicted molar refractivity (Wildman–Crippen MR) is 248 cm³/mol. The zero-order valence-corrected chi connectivity index (χ0v) is 35.6. The average molecular weight is 791 g/mol. The third kappa shape index (κ3) is 9.40. The smallest absolute Gasteiger partial charge is 0.119 e. The van der Waals surface area contributed by atoms with E-state index in [0.29, 0.717) is 0 Å². The molecule has 0 unspecified atom stereocenters. The number of hydrogen-bond donors (Lipinski definition) is 0. The second kappa shape index (κ2) is 19.7. The Balaban J connectivity index is 1.02. The molecule has 0 spiro atoms. The lowest BCUT2D eigenvalue weighted by Gasteiger charge is -2.25. The van der Waals surface area contributed by atoms with Crippen molar-refractivity contribution in [2.75, 3.05) is 13.2 Å². The molecule has 0 radical (unpaired) electrons. The summed E-state index contributed by atoms with van der Waals surface area (Å²) in [5.41, 5.74) is 9.36. The summed E-state index contributed by atoms with van der Waals surface area (Å²) >= 11 is 3.66. The highest BCUT2D eigenvalue weighted by molar-refractivity contribution is 7.19. The van der Waals surface area contributed by atoms with Gasteiger partial charge in [-0.2, -0.15) is 0 Å². The molecule has 0 aliphatic heterocycles. The minimum absolute atomic E-state index is 0.479. The fourth-order valence-electron chi connectivity index (χ4n) is 8.09. The molecule has 0 atom stereocenters. The number of unbranched alkanes of at least 4 members (excludes halogenated alkanes) is 10. The quantitative estimate of drug-likeness (QED) is 0.0504. The molecule has 57 heavy (non-hydrogen) atoms. The van der Waals surface area contributed by atoms with Crippen molar-refractivity contribution < 1.29 is 9.47 Å². The van der Waals surface area contributed by atoms with E-state index >= 15 is 0 Å². The first kappa shape index (κ1) is 40.6. The summed E-state index contributed by atoms with van der Waals surface area (Å²) in [4.78, 5) is 5.00. The molecule has 2 aromatic heterocycles. The highest BCUT2D eigenvalue weighted by atomic mass is 32.1. The average Bonchev–Trinajstić information content (AvgIpc) is 4.01. The number of hydrogen-bond acceptors (Lipinski definition) is 4. The molecular formula is C53H58O2S2. The molecule has 1 aliphatic rings. The number of fused-ring (bicyclic) bond motifs is 3. The third-order valence-corrected chi connectivity index (χ3v) is 13.8. The largest absolute Gasteiger partial charge is 0.494 e. The summed E-state index contributed by atoms with van der Waals surface area (Å²) in [7, 11) is 0. The molecule has 0 fully saturated rings. The number of thiophene rings is 2. The zero-order chi connectivity index (χ0) is 39.5. The van der Waals surface area contributed by atoms with E-state index in [0.717, 1.165) is 37.6 Å². The number of benzene rings is 4. The summed E-state index contributed by atoms with van der Waals surface area (Å²) < 4.78 is 12.1. The van der Waals surface area contributed by atoms with Gasteiger partial charge in [-0.05, 0) is 142 Å². The topological polar surface area (TPSA) is 18.5 Å². The minimum atomic E-state index is -0.479. The van der Waals surface area contributed by atoms with Gasteiger partial charge in [0.15, 0.2) is 0 Å². The van der Waals surface area contributed by atoms with Crippen LogP contribution < -0.4 is 9.47 Å². The van der Waals surface area contributed by atoms with E-state index in [-0.39, 0.29) is 0 Å². The van der Waals surface area contributed by atoms with Crippen LogP contribution in [0.1, 0.15) is 102 Å². The molecule has 4 heteroatoms. The molecular weight excluding hydrogens is 733 g/mol. The zero-order valence-electron chi connectivity index (χ0n) is 34.0. The van der Waals surface area contributed by atoms with Crippen LogP contribution in [0.4, 0.5) is 0 Å². The van der Waals surface area contributed by atoms with Gasteiger partial charge in [-0.1, -0.05) is 114 Å². The van der Waals surface area contributed by atoms with Crippen LogP contribution in [0.2, 0.25) is 0 Å². The standard InChI is InChI=1S/C53H58O2S2/c1-5-9-11-13-15-17-35-54-43-25-19-39(20-26-43)49-31-33-51(56-49)41-23-29-45-46-30-24-42(38-48(46)53(7-3,8-4)47(45)37-41)52-34-32-50(57-52)40-21-27-44(28-22-40)55-36-18-16-14-12-10-6-2/h7-8,19-34,37-38H,3-6,9-18,35-36H2,1-2H3. The second-order valence-corrected chi connectivity index (χ2v) is 17.6. The van der Waals surface area contributed by atoms with Gasteiger partial charge in [-0.3, -0.25) is 0 Å². The van der Waals surface area contributed by atoms with Gasteiger partial charge in [0.05, 0.1) is 18.6 Å². The van der Waals surface area contributed by atoms with Crippen molar-refractivity contribution in [3.8, 4) is 64.4 Å². The van der Waals surface area contributed by atoms with E-state index in [1.807, 2.05) is 22.7 Å². The molecule has 0 N–H and O–H groups in total. The molecule has 294 valence electrons. The molecule has 0 saturated heterocycles. The van der Waals surface area contributed by atoms with Gasteiger partial charge in [0.25, 0.3) is 0 Å². The number of rotatable bonds is 22. The van der Waals surface area contributed by atoms with Crippen molar-refractivity contribution in [2.24, 2.45) is 0 Å². The Hall–Kier alpha value is -4.64. The van der Waals surface area contributed by atoms with Crippen LogP contribution in [-0.4, -0.2) is 13.2 Å². The van der Waals surface area contributed by atoms with E-state index in [9.17, 15) is 0 Å². The van der Waals surface area contributed by atoms with Gasteiger partial charge in [0.1, 0.15) is 11.5 Å². The minimum Gasteiger partial charge on any atom is -0.494 e. The maximum absolute atomic E-state index is 6.05. The lowest BCUT2D eigenvalue weighted by molar-refractivity contribution is 0.304. The number of allylic oxidation sites excluding steroid dienone is 2. The Morgan fingerprint density at radius 2 is 0.789 bits per heavy atom. The normalized spacial score (nSPS) is 12.6. The Bertz CT molecular complexity index is 2060. The molecule has 1 aliphatic carbocycles. The maximum atomic E-state index is 6.05. The van der Waals surface area contributed by atoms with Gasteiger partial charge in [-0.25, -0.2) is 0 Å². The van der Waals surface area contributed by atoms with Gasteiger partial charge >= 0.3 is 0 Å². The van der Waals surface area contributed by atoms with E-state index in [1.165, 1.54) is 128 Å². The summed E-state index contributed by atoms with van der Waals surface area (Å²) in [5.74, 6) is 1.90. The van der Waals surface area contributed by atoms with Gasteiger partial charge in [0, 0.05) is 19.5 Å². The predicted octanol–water partition coefficient (Wildman–Crippen LogP) is 16.6. The van der Waals surface area contributed by atoms with Crippen LogP contribution in [0.25, 0.3) is 52.9 Å². The molecule has 7 rings (SSSR count). The fraction of sp³-hybridized carbons (Fsp3) is 0.321. The van der Waals surface area contributed by atoms with Crippen molar-refractivity contribution in [1.82, 2.24) is 0 Å². The van der Waals surface area contributed by atoms with Crippen molar-refractivity contribution in [3.63, 3.8) is 0 Å². The van der Waals surface area contributed by atoms with Crippen LogP contribution >= 0.6 is 22.7 Å². The van der Waals surface area contributed by atoms with Crippen LogP contribution in [0.5, 0.6) is 11.5 Å². The molecule has 0 saturated carbocycles. The van der Waals surface area contributed by atoms with Gasteiger partial charge in [-0.15, -0.1) is 35.8 Å². The van der Waals surface area contributed by atoms with Crippen LogP contribution in [0.3, 0.4) is 0 Å². The molecule has 2 heterocycles. The van der Waals surface area contributed by atoms with Gasteiger partial charge < -0.3 is 9.47 Å². The second-order valence-electron chi connectivity index (χ2n) is 15.4. The highest BCUT2D eigenvalue weighted by Crippen LogP contribution is 2.53. The van der Waals surface area contributed by atoms with E-state index in [4.69, 9.17) is 9.47 Å². The van der Waals surface area contributed by atoms with Crippen LogP contribution in [0, 0.1) is 0 Å². The monoisotopic (exact) mass is 790 g/mol. The Labute approximate surface area is 350 Å². The first-order valence-electron chi connectivity index (χ1n) is 21.3. The molecule has 0 amide bonds. The Kier molecular flexibility index (Phi) is 14.0. The highest BCUT2D eigenvalue weighted by Gasteiger charge is 2.39. The van der Waals surface area contributed by atoms with Crippen molar-refractivity contribution in [1.29, 1.82) is 0 Å². The molecule has 4 aromatic carbocycles. The molecule has 0 bridgehead atoms. The van der Waals surface area contributed by atoms with Crippen molar-refractivity contribution in [2.45, 2.75) is 96.3 Å². The van der Waals surface area contributed by atoms with Crippen molar-refractivity contribution >= 4 is 22.7 Å². The summed E-state index contributed by atoms with van der Waals surface area (Å²) in [5, 5.41) is 0. The molecule has 2 nitrogen and oxygen atoms in total. The van der Waals surface area contributed by atoms with E-state index in [1.54, 1.807) is 0 Å². The Morgan fingerprint density at radius 1 is 0.439 bits per heavy atom. The first-order valence-corrected chi connectivity index (χ1v) is 22.9. The fourth-order valence-corrected chi connectivity index (χ4v) is 10.1. The van der Waals surface area contributed by atoms with E-state index in [2.05, 4.69) is 148 Å². The molecule has 6 aromatic rings. The summed E-state index contributed by atoms with van der Waals surface area (Å²) in [6, 6.07) is 40.0. The maximum Gasteiger partial charge on any atom is 0.119 e. The number of ether oxygens (including phenoxy) is 2. The lowest BCUT2D eigenvalue weighted by atomic mass is 9.77. The third-order valence-electron chi connectivity index (χ3n) is 11.5. The summed E-state index contributed by atoms with van der Waals surface area (Å²) in [6.45, 7) is 14.9. The SMILES string of the molecule is C=CC1(C=C)c2cc(-c3ccc(-c4ccc(OCCCCCCCC)cc4)s3)ccc2-c2ccc(-c3ccc(-c4ccc(OCCCCCCCC)cc4)s3)cc21. The van der Waals surface area contributed by atoms with Crippen LogP contribution in [-0.2, 0) is 5.41 Å². The summed E-state index contributed by atoms with van der Waals surface area (Å²) in [6.07, 6.45) is 19.4. The van der Waals surface area contributed by atoms with Crippen LogP contribution in [0.15, 0.2) is 135 Å².